The predicted molar refractivity (Wildman–Crippen MR) is 76.5 cm³/mol. The number of nitriles is 1. The van der Waals surface area contributed by atoms with E-state index in [1.54, 1.807) is 24.3 Å². The van der Waals surface area contributed by atoms with E-state index >= 15 is 0 Å². The highest BCUT2D eigenvalue weighted by atomic mass is 16.5. The molecule has 1 aliphatic rings. The van der Waals surface area contributed by atoms with Gasteiger partial charge in [0.15, 0.2) is 0 Å². The van der Waals surface area contributed by atoms with E-state index in [9.17, 15) is 4.79 Å². The Morgan fingerprint density at radius 1 is 1.36 bits per heavy atom. The van der Waals surface area contributed by atoms with Gasteiger partial charge in [-0.15, -0.1) is 10.2 Å². The van der Waals surface area contributed by atoms with Gasteiger partial charge in [0, 0.05) is 5.56 Å². The Bertz CT molecular complexity index is 691. The maximum atomic E-state index is 12.3. The largest absolute Gasteiger partial charge is 0.457 e. The lowest BCUT2D eigenvalue weighted by molar-refractivity contribution is 0.0107. The molecule has 1 fully saturated rings. The molecule has 0 aliphatic heterocycles. The minimum absolute atomic E-state index is 0.211. The van der Waals surface area contributed by atoms with Crippen LogP contribution in [0.15, 0.2) is 35.1 Å². The first-order valence-corrected chi connectivity index (χ1v) is 7.25. The third-order valence-corrected chi connectivity index (χ3v) is 3.83. The van der Waals surface area contributed by atoms with Crippen molar-refractivity contribution in [2.24, 2.45) is 5.92 Å². The van der Waals surface area contributed by atoms with Gasteiger partial charge in [0.25, 0.3) is 0 Å². The monoisotopic (exact) mass is 297 g/mol. The van der Waals surface area contributed by atoms with Crippen molar-refractivity contribution >= 4 is 5.97 Å². The summed E-state index contributed by atoms with van der Waals surface area (Å²) in [5, 5.41) is 16.6. The molecular formula is C16H15N3O3. The van der Waals surface area contributed by atoms with Crippen molar-refractivity contribution in [2.75, 3.05) is 0 Å². The average Bonchev–Trinajstić information content (AvgIpc) is 3.10. The Labute approximate surface area is 127 Å². The zero-order valence-electron chi connectivity index (χ0n) is 11.9. The number of carbonyl (C=O) groups is 1. The molecule has 0 radical (unpaired) electrons. The van der Waals surface area contributed by atoms with E-state index in [1.165, 1.54) is 6.39 Å². The van der Waals surface area contributed by atoms with Gasteiger partial charge in [-0.1, -0.05) is 12.5 Å². The smallest absolute Gasteiger partial charge is 0.338 e. The highest BCUT2D eigenvalue weighted by Crippen LogP contribution is 2.27. The number of carbonyl (C=O) groups excluding carboxylic acids is 1. The second-order valence-corrected chi connectivity index (χ2v) is 5.29. The van der Waals surface area contributed by atoms with Gasteiger partial charge in [0.05, 0.1) is 17.6 Å². The van der Waals surface area contributed by atoms with E-state index < -0.39 is 5.97 Å². The molecule has 0 spiro atoms. The number of hydrogen-bond donors (Lipinski definition) is 0. The number of esters is 1. The van der Waals surface area contributed by atoms with Crippen molar-refractivity contribution in [1.29, 1.82) is 5.26 Å². The molecule has 0 bridgehead atoms. The van der Waals surface area contributed by atoms with Gasteiger partial charge < -0.3 is 9.15 Å². The van der Waals surface area contributed by atoms with Crippen LogP contribution in [-0.4, -0.2) is 22.3 Å². The van der Waals surface area contributed by atoms with E-state index in [2.05, 4.69) is 16.3 Å². The summed E-state index contributed by atoms with van der Waals surface area (Å²) < 4.78 is 10.6. The Morgan fingerprint density at radius 2 is 2.23 bits per heavy atom. The van der Waals surface area contributed by atoms with Crippen molar-refractivity contribution in [1.82, 2.24) is 10.2 Å². The second kappa shape index (κ2) is 6.39. The van der Waals surface area contributed by atoms with Crippen LogP contribution in [0.3, 0.4) is 0 Å². The van der Waals surface area contributed by atoms with Crippen molar-refractivity contribution in [3.63, 3.8) is 0 Å². The Morgan fingerprint density at radius 3 is 3.00 bits per heavy atom. The number of rotatable bonds is 3. The zero-order chi connectivity index (χ0) is 15.4. The molecule has 6 heteroatoms. The highest BCUT2D eigenvalue weighted by molar-refractivity contribution is 5.90. The zero-order valence-corrected chi connectivity index (χ0v) is 11.9. The molecule has 1 heterocycles. The summed E-state index contributed by atoms with van der Waals surface area (Å²) in [6.45, 7) is 0. The first kappa shape index (κ1) is 14.3. The molecule has 1 saturated carbocycles. The Hall–Kier alpha value is -2.68. The van der Waals surface area contributed by atoms with Crippen LogP contribution in [0.1, 0.15) is 36.0 Å². The fourth-order valence-corrected chi connectivity index (χ4v) is 2.67. The van der Waals surface area contributed by atoms with E-state index in [4.69, 9.17) is 14.4 Å². The molecule has 0 amide bonds. The van der Waals surface area contributed by atoms with Crippen LogP contribution in [0, 0.1) is 17.2 Å². The van der Waals surface area contributed by atoms with Gasteiger partial charge in [-0.25, -0.2) is 4.79 Å². The van der Waals surface area contributed by atoms with Gasteiger partial charge in [-0.3, -0.25) is 0 Å². The summed E-state index contributed by atoms with van der Waals surface area (Å²) in [4.78, 5) is 12.3. The molecule has 2 atom stereocenters. The SMILES string of the molecule is N#C[C@@H]1CCCC[C@H]1OC(=O)c1cccc(-c2nnco2)c1. The molecular weight excluding hydrogens is 282 g/mol. The summed E-state index contributed by atoms with van der Waals surface area (Å²) in [5.41, 5.74) is 1.07. The maximum absolute atomic E-state index is 12.3. The van der Waals surface area contributed by atoms with Crippen LogP contribution in [0.5, 0.6) is 0 Å². The molecule has 112 valence electrons. The number of nitrogens with zero attached hydrogens (tertiary/aromatic N) is 3. The molecule has 0 N–H and O–H groups in total. The van der Waals surface area contributed by atoms with Gasteiger partial charge in [-0.05, 0) is 37.5 Å². The minimum atomic E-state index is -0.423. The van der Waals surface area contributed by atoms with E-state index in [1.807, 2.05) is 0 Å². The van der Waals surface area contributed by atoms with Crippen LogP contribution in [0.4, 0.5) is 0 Å². The topological polar surface area (TPSA) is 89.0 Å². The normalized spacial score (nSPS) is 21.0. The van der Waals surface area contributed by atoms with Crippen LogP contribution in [0.2, 0.25) is 0 Å². The van der Waals surface area contributed by atoms with E-state index in [0.29, 0.717) is 17.0 Å². The summed E-state index contributed by atoms with van der Waals surface area (Å²) in [5.74, 6) is -0.285. The average molecular weight is 297 g/mol. The number of hydrogen-bond acceptors (Lipinski definition) is 6. The fraction of sp³-hybridized carbons (Fsp3) is 0.375. The van der Waals surface area contributed by atoms with Gasteiger partial charge >= 0.3 is 5.97 Å². The van der Waals surface area contributed by atoms with Crippen molar-refractivity contribution in [3.8, 4) is 17.5 Å². The summed E-state index contributed by atoms with van der Waals surface area (Å²) in [6, 6.07) is 9.08. The maximum Gasteiger partial charge on any atom is 0.338 e. The molecule has 1 aliphatic carbocycles. The third kappa shape index (κ3) is 2.98. The third-order valence-electron chi connectivity index (χ3n) is 3.83. The van der Waals surface area contributed by atoms with Crippen molar-refractivity contribution in [2.45, 2.75) is 31.8 Å². The Kier molecular flexibility index (Phi) is 4.15. The summed E-state index contributed by atoms with van der Waals surface area (Å²) >= 11 is 0. The first-order chi connectivity index (χ1) is 10.8. The Balaban J connectivity index is 1.75. The molecule has 1 aromatic heterocycles. The molecule has 0 saturated heterocycles. The highest BCUT2D eigenvalue weighted by Gasteiger charge is 2.28. The molecule has 3 rings (SSSR count). The first-order valence-electron chi connectivity index (χ1n) is 7.25. The lowest BCUT2D eigenvalue weighted by Crippen LogP contribution is -2.29. The van der Waals surface area contributed by atoms with Gasteiger partial charge in [-0.2, -0.15) is 5.26 Å². The van der Waals surface area contributed by atoms with Gasteiger partial charge in [0.2, 0.25) is 12.3 Å². The van der Waals surface area contributed by atoms with E-state index in [-0.39, 0.29) is 12.0 Å². The second-order valence-electron chi connectivity index (χ2n) is 5.29. The fourth-order valence-electron chi connectivity index (χ4n) is 2.67. The van der Waals surface area contributed by atoms with Crippen molar-refractivity contribution < 1.29 is 13.9 Å². The van der Waals surface area contributed by atoms with Crippen LogP contribution in [0.25, 0.3) is 11.5 Å². The van der Waals surface area contributed by atoms with Crippen molar-refractivity contribution in [3.05, 3.63) is 36.2 Å². The number of ether oxygens (including phenoxy) is 1. The van der Waals surface area contributed by atoms with Crippen LogP contribution < -0.4 is 0 Å². The molecule has 2 aromatic rings. The van der Waals surface area contributed by atoms with Gasteiger partial charge in [0.1, 0.15) is 6.10 Å². The summed E-state index contributed by atoms with van der Waals surface area (Å²) in [6.07, 6.45) is 4.44. The molecule has 0 unspecified atom stereocenters. The molecule has 1 aromatic carbocycles. The predicted octanol–water partition coefficient (Wildman–Crippen LogP) is 2.98. The minimum Gasteiger partial charge on any atom is -0.457 e. The number of benzene rings is 1. The summed E-state index contributed by atoms with van der Waals surface area (Å²) in [7, 11) is 0. The lowest BCUT2D eigenvalue weighted by atomic mass is 9.87. The number of aromatic nitrogens is 2. The van der Waals surface area contributed by atoms with E-state index in [0.717, 1.165) is 25.7 Å². The lowest BCUT2D eigenvalue weighted by Gasteiger charge is -2.26. The molecule has 6 nitrogen and oxygen atoms in total. The standard InChI is InChI=1S/C16H15N3O3/c17-9-13-4-1-2-7-14(13)22-16(20)12-6-3-5-11(8-12)15-19-18-10-21-15/h3,5-6,8,10,13-14H,1-2,4,7H2/t13-,14+/m0/s1. The molecule has 22 heavy (non-hydrogen) atoms. The quantitative estimate of drug-likeness (QED) is 0.809. The van der Waals surface area contributed by atoms with Crippen LogP contribution >= 0.6 is 0 Å². The van der Waals surface area contributed by atoms with Crippen LogP contribution in [-0.2, 0) is 4.74 Å².